The van der Waals surface area contributed by atoms with Gasteiger partial charge in [0.15, 0.2) is 0 Å². The second-order valence-corrected chi connectivity index (χ2v) is 5.10. The van der Waals surface area contributed by atoms with E-state index >= 15 is 0 Å². The van der Waals surface area contributed by atoms with Crippen molar-refractivity contribution >= 4 is 35.6 Å². The van der Waals surface area contributed by atoms with Gasteiger partial charge in [0.05, 0.1) is 0 Å². The summed E-state index contributed by atoms with van der Waals surface area (Å²) in [6, 6.07) is 12.2. The molecule has 0 spiro atoms. The maximum atomic E-state index is 13.4. The molecule has 1 nitrogen and oxygen atoms in total. The van der Waals surface area contributed by atoms with Crippen LogP contribution in [-0.4, -0.2) is 6.54 Å². The summed E-state index contributed by atoms with van der Waals surface area (Å²) in [6.45, 7) is 1.24. The molecule has 0 saturated carbocycles. The summed E-state index contributed by atoms with van der Waals surface area (Å²) in [4.78, 5) is 0. The Morgan fingerprint density at radius 1 is 1.00 bits per heavy atom. The highest BCUT2D eigenvalue weighted by Gasteiger charge is 2.02. The van der Waals surface area contributed by atoms with E-state index in [-0.39, 0.29) is 18.2 Å². The van der Waals surface area contributed by atoms with Crippen LogP contribution in [0, 0.1) is 5.82 Å². The highest BCUT2D eigenvalue weighted by molar-refractivity contribution is 6.35. The molecule has 0 saturated heterocycles. The lowest BCUT2D eigenvalue weighted by molar-refractivity contribution is 0.588. The maximum Gasteiger partial charge on any atom is 0.127 e. The van der Waals surface area contributed by atoms with E-state index in [2.05, 4.69) is 5.32 Å². The molecular formula is C15H15Cl3FN. The number of hydrogen-bond donors (Lipinski definition) is 1. The SMILES string of the molecule is Cl.Fc1ccccc1CNCCc1ccc(Cl)cc1Cl. The molecule has 0 atom stereocenters. The predicted octanol–water partition coefficient (Wildman–Crippen LogP) is 4.89. The first-order chi connectivity index (χ1) is 9.16. The molecule has 0 aliphatic carbocycles. The van der Waals surface area contributed by atoms with Crippen LogP contribution in [0.3, 0.4) is 0 Å². The standard InChI is InChI=1S/C15H14Cl2FN.ClH/c16-13-6-5-11(14(17)9-13)7-8-19-10-12-3-1-2-4-15(12)18;/h1-6,9,19H,7-8,10H2;1H. The van der Waals surface area contributed by atoms with Crippen LogP contribution in [0.25, 0.3) is 0 Å². The predicted molar refractivity (Wildman–Crippen MR) is 85.5 cm³/mol. The molecule has 0 heterocycles. The summed E-state index contributed by atoms with van der Waals surface area (Å²) < 4.78 is 13.4. The number of halogens is 4. The molecule has 108 valence electrons. The van der Waals surface area contributed by atoms with Gasteiger partial charge in [-0.3, -0.25) is 0 Å². The fourth-order valence-electron chi connectivity index (χ4n) is 1.81. The minimum Gasteiger partial charge on any atom is -0.312 e. The molecule has 0 bridgehead atoms. The summed E-state index contributed by atoms with van der Waals surface area (Å²) in [7, 11) is 0. The molecule has 5 heteroatoms. The van der Waals surface area contributed by atoms with Gasteiger partial charge in [0, 0.05) is 22.2 Å². The highest BCUT2D eigenvalue weighted by Crippen LogP contribution is 2.21. The fraction of sp³-hybridized carbons (Fsp3) is 0.200. The van der Waals surface area contributed by atoms with Crippen molar-refractivity contribution < 1.29 is 4.39 Å². The molecule has 0 fully saturated rings. The first kappa shape index (κ1) is 17.3. The summed E-state index contributed by atoms with van der Waals surface area (Å²) in [5, 5.41) is 4.50. The molecule has 0 radical (unpaired) electrons. The van der Waals surface area contributed by atoms with Gasteiger partial charge in [0.1, 0.15) is 5.82 Å². The Balaban J connectivity index is 0.00000200. The average molecular weight is 335 g/mol. The lowest BCUT2D eigenvalue weighted by atomic mass is 10.1. The van der Waals surface area contributed by atoms with Gasteiger partial charge in [-0.25, -0.2) is 4.39 Å². The van der Waals surface area contributed by atoms with E-state index in [9.17, 15) is 4.39 Å². The number of nitrogens with one attached hydrogen (secondary N) is 1. The Kier molecular flexibility index (Phi) is 7.31. The molecule has 20 heavy (non-hydrogen) atoms. The van der Waals surface area contributed by atoms with Gasteiger partial charge in [0.25, 0.3) is 0 Å². The first-order valence-electron chi connectivity index (χ1n) is 6.05. The van der Waals surface area contributed by atoms with E-state index in [1.165, 1.54) is 6.07 Å². The van der Waals surface area contributed by atoms with E-state index in [0.717, 1.165) is 18.5 Å². The monoisotopic (exact) mass is 333 g/mol. The van der Waals surface area contributed by atoms with Crippen LogP contribution in [0.5, 0.6) is 0 Å². The normalized spacial score (nSPS) is 10.2. The minimum atomic E-state index is -0.181. The van der Waals surface area contributed by atoms with Crippen LogP contribution >= 0.6 is 35.6 Å². The Labute approximate surface area is 134 Å². The maximum absolute atomic E-state index is 13.4. The highest BCUT2D eigenvalue weighted by atomic mass is 35.5. The van der Waals surface area contributed by atoms with Gasteiger partial charge in [-0.15, -0.1) is 12.4 Å². The zero-order valence-corrected chi connectivity index (χ0v) is 13.0. The van der Waals surface area contributed by atoms with Gasteiger partial charge < -0.3 is 5.32 Å². The molecule has 2 aromatic carbocycles. The van der Waals surface area contributed by atoms with Gasteiger partial charge in [-0.2, -0.15) is 0 Å². The van der Waals surface area contributed by atoms with Crippen molar-refractivity contribution in [2.45, 2.75) is 13.0 Å². The zero-order valence-electron chi connectivity index (χ0n) is 10.7. The lowest BCUT2D eigenvalue weighted by Gasteiger charge is -2.07. The second kappa shape index (κ2) is 8.48. The number of benzene rings is 2. The topological polar surface area (TPSA) is 12.0 Å². The fourth-order valence-corrected chi connectivity index (χ4v) is 2.32. The van der Waals surface area contributed by atoms with E-state index in [4.69, 9.17) is 23.2 Å². The third kappa shape index (κ3) is 4.95. The first-order valence-corrected chi connectivity index (χ1v) is 6.80. The third-order valence-corrected chi connectivity index (χ3v) is 3.45. The van der Waals surface area contributed by atoms with Crippen LogP contribution in [0.15, 0.2) is 42.5 Å². The van der Waals surface area contributed by atoms with Crippen molar-refractivity contribution in [2.75, 3.05) is 6.54 Å². The van der Waals surface area contributed by atoms with E-state index < -0.39 is 0 Å². The Hall–Kier alpha value is -0.800. The van der Waals surface area contributed by atoms with E-state index in [1.807, 2.05) is 18.2 Å². The van der Waals surface area contributed by atoms with Crippen LogP contribution < -0.4 is 5.32 Å². The molecule has 0 unspecified atom stereocenters. The molecule has 2 aromatic rings. The van der Waals surface area contributed by atoms with Crippen molar-refractivity contribution in [3.05, 3.63) is 69.5 Å². The van der Waals surface area contributed by atoms with Crippen molar-refractivity contribution in [2.24, 2.45) is 0 Å². The molecule has 2 rings (SSSR count). The van der Waals surface area contributed by atoms with E-state index in [1.54, 1.807) is 18.2 Å². The molecule has 0 amide bonds. The Morgan fingerprint density at radius 3 is 2.45 bits per heavy atom. The Morgan fingerprint density at radius 2 is 1.75 bits per heavy atom. The zero-order chi connectivity index (χ0) is 13.7. The molecule has 1 N–H and O–H groups in total. The third-order valence-electron chi connectivity index (χ3n) is 2.86. The van der Waals surface area contributed by atoms with Crippen LogP contribution in [0.4, 0.5) is 4.39 Å². The molecule has 0 aliphatic rings. The molecule has 0 aliphatic heterocycles. The van der Waals surface area contributed by atoms with Crippen molar-refractivity contribution in [1.29, 1.82) is 0 Å². The number of hydrogen-bond acceptors (Lipinski definition) is 1. The lowest BCUT2D eigenvalue weighted by Crippen LogP contribution is -2.17. The van der Waals surface area contributed by atoms with Crippen LogP contribution in [-0.2, 0) is 13.0 Å². The van der Waals surface area contributed by atoms with Crippen molar-refractivity contribution in [3.63, 3.8) is 0 Å². The quantitative estimate of drug-likeness (QED) is 0.768. The van der Waals surface area contributed by atoms with Gasteiger partial charge in [0.2, 0.25) is 0 Å². The van der Waals surface area contributed by atoms with Crippen molar-refractivity contribution in [3.8, 4) is 0 Å². The summed E-state index contributed by atoms with van der Waals surface area (Å²) in [5.41, 5.74) is 1.71. The molecular weight excluding hydrogens is 320 g/mol. The van der Waals surface area contributed by atoms with Gasteiger partial charge in [-0.05, 0) is 36.7 Å². The van der Waals surface area contributed by atoms with E-state index in [0.29, 0.717) is 22.2 Å². The van der Waals surface area contributed by atoms with Crippen LogP contribution in [0.1, 0.15) is 11.1 Å². The summed E-state index contributed by atoms with van der Waals surface area (Å²) >= 11 is 11.9. The summed E-state index contributed by atoms with van der Waals surface area (Å²) in [6.07, 6.45) is 0.782. The Bertz CT molecular complexity index is 561. The van der Waals surface area contributed by atoms with Gasteiger partial charge in [-0.1, -0.05) is 47.5 Å². The van der Waals surface area contributed by atoms with Crippen LogP contribution in [0.2, 0.25) is 10.0 Å². The summed E-state index contributed by atoms with van der Waals surface area (Å²) in [5.74, 6) is -0.181. The second-order valence-electron chi connectivity index (χ2n) is 4.25. The smallest absolute Gasteiger partial charge is 0.127 e. The molecule has 0 aromatic heterocycles. The van der Waals surface area contributed by atoms with Crippen molar-refractivity contribution in [1.82, 2.24) is 5.32 Å². The number of rotatable bonds is 5. The minimum absolute atomic E-state index is 0. The average Bonchev–Trinajstić information content (AvgIpc) is 2.38. The largest absolute Gasteiger partial charge is 0.312 e. The van der Waals surface area contributed by atoms with Gasteiger partial charge >= 0.3 is 0 Å².